The summed E-state index contributed by atoms with van der Waals surface area (Å²) >= 11 is 4.24. The van der Waals surface area contributed by atoms with Gasteiger partial charge in [-0.25, -0.2) is 0 Å². The van der Waals surface area contributed by atoms with Gasteiger partial charge in [-0.2, -0.15) is 0 Å². The summed E-state index contributed by atoms with van der Waals surface area (Å²) in [5.74, 6) is 0. The van der Waals surface area contributed by atoms with Crippen LogP contribution in [-0.2, 0) is 5.41 Å². The van der Waals surface area contributed by atoms with Crippen molar-refractivity contribution in [3.8, 4) is 0 Å². The van der Waals surface area contributed by atoms with Gasteiger partial charge in [-0.15, -0.1) is 0 Å². The van der Waals surface area contributed by atoms with Gasteiger partial charge in [0, 0.05) is 37.2 Å². The van der Waals surface area contributed by atoms with Crippen molar-refractivity contribution in [3.63, 3.8) is 0 Å². The fraction of sp³-hybridized carbons (Fsp3) is 0.647. The first-order valence-corrected chi connectivity index (χ1v) is 12.6. The van der Waals surface area contributed by atoms with Crippen molar-refractivity contribution in [2.24, 2.45) is 0 Å². The monoisotopic (exact) mass is 492 g/mol. The SMILES string of the molecule is C.C.CCC(C)(C)c1ccccc1.CCCC.II. The maximum atomic E-state index is 2.28. The molecule has 0 amide bonds. The molecule has 116 valence electrons. The molecule has 0 aliphatic heterocycles. The topological polar surface area (TPSA) is 0 Å². The van der Waals surface area contributed by atoms with E-state index in [1.807, 2.05) is 0 Å². The Balaban J connectivity index is -0.000000123. The highest BCUT2D eigenvalue weighted by Crippen LogP contribution is 2.25. The van der Waals surface area contributed by atoms with Gasteiger partial charge >= 0.3 is 0 Å². The molecule has 19 heavy (non-hydrogen) atoms. The van der Waals surface area contributed by atoms with Gasteiger partial charge in [0.05, 0.1) is 0 Å². The van der Waals surface area contributed by atoms with Gasteiger partial charge in [-0.3, -0.25) is 0 Å². The van der Waals surface area contributed by atoms with E-state index in [2.05, 4.69) is 102 Å². The second kappa shape index (κ2) is 18.7. The normalized spacial score (nSPS) is 8.58. The average molecular weight is 492 g/mol. The predicted octanol–water partition coefficient (Wildman–Crippen LogP) is 8.22. The smallest absolute Gasteiger partial charge is 0 e. The molecule has 0 N–H and O–H groups in total. The summed E-state index contributed by atoms with van der Waals surface area (Å²) in [6, 6.07) is 10.7. The molecule has 0 unspecified atom stereocenters. The van der Waals surface area contributed by atoms with Crippen LogP contribution in [0.2, 0.25) is 0 Å². The van der Waals surface area contributed by atoms with Gasteiger partial charge in [0.1, 0.15) is 0 Å². The molecule has 0 bridgehead atoms. The van der Waals surface area contributed by atoms with Crippen molar-refractivity contribution in [2.45, 2.75) is 74.1 Å². The van der Waals surface area contributed by atoms with Crippen molar-refractivity contribution in [1.29, 1.82) is 0 Å². The lowest BCUT2D eigenvalue weighted by Crippen LogP contribution is -2.14. The zero-order valence-corrected chi connectivity index (χ0v) is 16.1. The summed E-state index contributed by atoms with van der Waals surface area (Å²) in [6.45, 7) is 11.2. The summed E-state index contributed by atoms with van der Waals surface area (Å²) in [5, 5.41) is 0. The van der Waals surface area contributed by atoms with E-state index < -0.39 is 0 Å². The Bertz CT molecular complexity index is 241. The van der Waals surface area contributed by atoms with Crippen molar-refractivity contribution in [2.75, 3.05) is 0 Å². The van der Waals surface area contributed by atoms with Crippen LogP contribution in [0.4, 0.5) is 0 Å². The number of benzene rings is 1. The summed E-state index contributed by atoms with van der Waals surface area (Å²) in [7, 11) is 0. The van der Waals surface area contributed by atoms with Crippen LogP contribution in [0.15, 0.2) is 30.3 Å². The molecular weight excluding hydrogens is 458 g/mol. The number of hydrogen-bond donors (Lipinski definition) is 0. The molecule has 1 aromatic rings. The largest absolute Gasteiger partial charge is 0.0776 e. The molecule has 0 aromatic heterocycles. The molecule has 1 aromatic carbocycles. The van der Waals surface area contributed by atoms with Crippen molar-refractivity contribution >= 4 is 37.2 Å². The van der Waals surface area contributed by atoms with Gasteiger partial charge in [0.2, 0.25) is 0 Å². The Kier molecular flexibility index (Phi) is 27.5. The zero-order valence-electron chi connectivity index (χ0n) is 11.8. The Morgan fingerprint density at radius 1 is 0.842 bits per heavy atom. The summed E-state index contributed by atoms with van der Waals surface area (Å²) in [6.07, 6.45) is 3.83. The molecule has 0 nitrogen and oxygen atoms in total. The minimum Gasteiger partial charge on any atom is -0.0776 e. The first-order chi connectivity index (χ1) is 8.08. The molecule has 2 heteroatoms. The molecule has 0 saturated carbocycles. The maximum absolute atomic E-state index is 2.28. The van der Waals surface area contributed by atoms with Crippen LogP contribution < -0.4 is 0 Å². The molecule has 1 rings (SSSR count). The number of rotatable bonds is 3. The molecule has 0 aliphatic carbocycles. The molecule has 0 atom stereocenters. The van der Waals surface area contributed by atoms with Crippen LogP contribution in [0.25, 0.3) is 0 Å². The van der Waals surface area contributed by atoms with Crippen LogP contribution in [0, 0.1) is 0 Å². The highest BCUT2D eigenvalue weighted by molar-refractivity contribution is 15.0. The van der Waals surface area contributed by atoms with E-state index >= 15 is 0 Å². The van der Waals surface area contributed by atoms with E-state index in [0.29, 0.717) is 5.41 Å². The van der Waals surface area contributed by atoms with E-state index in [-0.39, 0.29) is 14.9 Å². The fourth-order valence-electron chi connectivity index (χ4n) is 1.09. The quantitative estimate of drug-likeness (QED) is 0.373. The molecule has 0 spiro atoms. The van der Waals surface area contributed by atoms with Gasteiger partial charge < -0.3 is 0 Å². The highest BCUT2D eigenvalue weighted by Gasteiger charge is 2.16. The van der Waals surface area contributed by atoms with Crippen LogP contribution >= 0.6 is 37.2 Å². The zero-order chi connectivity index (χ0) is 13.7. The molecule has 0 heterocycles. The van der Waals surface area contributed by atoms with E-state index in [0.717, 1.165) is 0 Å². The lowest BCUT2D eigenvalue weighted by Gasteiger charge is -2.22. The van der Waals surface area contributed by atoms with E-state index in [9.17, 15) is 0 Å². The van der Waals surface area contributed by atoms with Crippen molar-refractivity contribution < 1.29 is 0 Å². The van der Waals surface area contributed by atoms with Crippen molar-refractivity contribution in [1.82, 2.24) is 0 Å². The summed E-state index contributed by atoms with van der Waals surface area (Å²) < 4.78 is 0. The van der Waals surface area contributed by atoms with Crippen molar-refractivity contribution in [3.05, 3.63) is 35.9 Å². The first kappa shape index (κ1) is 27.9. The highest BCUT2D eigenvalue weighted by atomic mass is 128. The summed E-state index contributed by atoms with van der Waals surface area (Å²) in [5.41, 5.74) is 1.77. The second-order valence-electron chi connectivity index (χ2n) is 4.60. The molecule has 0 fully saturated rings. The fourth-order valence-corrected chi connectivity index (χ4v) is 1.09. The Morgan fingerprint density at radius 3 is 1.47 bits per heavy atom. The van der Waals surface area contributed by atoms with Gasteiger partial charge in [0.15, 0.2) is 0 Å². The third-order valence-corrected chi connectivity index (χ3v) is 2.94. The molecular formula is C17H34I2. The first-order valence-electron chi connectivity index (χ1n) is 6.28. The van der Waals surface area contributed by atoms with Crippen LogP contribution in [0.3, 0.4) is 0 Å². The maximum Gasteiger partial charge on any atom is 0 e. The lowest BCUT2D eigenvalue weighted by molar-refractivity contribution is 0.506. The Labute approximate surface area is 146 Å². The lowest BCUT2D eigenvalue weighted by atomic mass is 9.82. The van der Waals surface area contributed by atoms with Crippen LogP contribution in [-0.4, -0.2) is 0 Å². The minimum atomic E-state index is 0. The molecule has 0 radical (unpaired) electrons. The van der Waals surface area contributed by atoms with Crippen LogP contribution in [0.1, 0.15) is 74.3 Å². The third-order valence-electron chi connectivity index (χ3n) is 2.94. The molecule has 0 saturated heterocycles. The standard InChI is InChI=1S/C11H16.C4H10.2CH4.I2/c1-4-11(2,3)10-8-6-5-7-9-10;1-3-4-2;;;1-2/h5-9H,4H2,1-3H3;3-4H2,1-2H3;2*1H4;. The van der Waals surface area contributed by atoms with Gasteiger partial charge in [-0.1, -0.05) is 92.6 Å². The van der Waals surface area contributed by atoms with Gasteiger partial charge in [-0.05, 0) is 17.4 Å². The average Bonchev–Trinajstić information content (AvgIpc) is 2.42. The van der Waals surface area contributed by atoms with E-state index in [4.69, 9.17) is 0 Å². The Morgan fingerprint density at radius 2 is 1.21 bits per heavy atom. The van der Waals surface area contributed by atoms with E-state index in [1.54, 1.807) is 0 Å². The predicted molar refractivity (Wildman–Crippen MR) is 112 cm³/mol. The number of hydrogen-bond acceptors (Lipinski definition) is 0. The second-order valence-corrected chi connectivity index (χ2v) is 4.60. The number of halogens is 2. The minimum absolute atomic E-state index is 0. The molecule has 0 aliphatic rings. The number of unbranched alkanes of at least 4 members (excludes halogenated alkanes) is 1. The summed E-state index contributed by atoms with van der Waals surface area (Å²) in [4.78, 5) is 0. The van der Waals surface area contributed by atoms with E-state index in [1.165, 1.54) is 24.8 Å². The van der Waals surface area contributed by atoms with Crippen LogP contribution in [0.5, 0.6) is 0 Å². The van der Waals surface area contributed by atoms with Gasteiger partial charge in [0.25, 0.3) is 0 Å². The Hall–Kier alpha value is 0.680. The third kappa shape index (κ3) is 14.9.